The van der Waals surface area contributed by atoms with Crippen molar-refractivity contribution in [1.29, 1.82) is 0 Å². The van der Waals surface area contributed by atoms with E-state index in [0.717, 1.165) is 17.3 Å². The van der Waals surface area contributed by atoms with Gasteiger partial charge in [-0.3, -0.25) is 5.32 Å². The number of hydrogen-bond donors (Lipinski definition) is 1. The number of nitrogens with one attached hydrogen (secondary N) is 1. The monoisotopic (exact) mass is 356 g/mol. The molecule has 0 aliphatic heterocycles. The molecule has 0 aromatic carbocycles. The number of anilines is 1. The molecule has 1 aromatic heterocycles. The predicted molar refractivity (Wildman–Crippen MR) is 84.7 cm³/mol. The highest BCUT2D eigenvalue weighted by Gasteiger charge is 2.19. The minimum absolute atomic E-state index is 0.248. The number of hydrogen-bond acceptors (Lipinski definition) is 4. The van der Waals surface area contributed by atoms with Crippen molar-refractivity contribution in [3.05, 3.63) is 16.7 Å². The van der Waals surface area contributed by atoms with Gasteiger partial charge >= 0.3 is 6.09 Å². The van der Waals surface area contributed by atoms with Crippen LogP contribution in [0.3, 0.4) is 0 Å². The number of pyridine rings is 1. The first kappa shape index (κ1) is 16.1. The van der Waals surface area contributed by atoms with E-state index in [2.05, 4.69) is 26.2 Å². The van der Waals surface area contributed by atoms with Gasteiger partial charge in [0.15, 0.2) is 0 Å². The molecule has 0 atom stereocenters. The summed E-state index contributed by atoms with van der Waals surface area (Å²) in [6.45, 7) is 5.45. The normalized spacial score (nSPS) is 15.8. The summed E-state index contributed by atoms with van der Waals surface area (Å²) in [6, 6.07) is 1.71. The van der Waals surface area contributed by atoms with Gasteiger partial charge in [-0.15, -0.1) is 0 Å². The quantitative estimate of drug-likeness (QED) is 0.865. The molecule has 1 aliphatic rings. The maximum atomic E-state index is 11.7. The third kappa shape index (κ3) is 5.19. The van der Waals surface area contributed by atoms with Gasteiger partial charge in [-0.05, 0) is 62.4 Å². The van der Waals surface area contributed by atoms with E-state index in [-0.39, 0.29) is 6.10 Å². The van der Waals surface area contributed by atoms with E-state index in [1.807, 2.05) is 20.8 Å². The third-order valence-electron chi connectivity index (χ3n) is 3.05. The van der Waals surface area contributed by atoms with E-state index < -0.39 is 11.7 Å². The van der Waals surface area contributed by atoms with Crippen LogP contribution in [-0.2, 0) is 4.74 Å². The fourth-order valence-corrected chi connectivity index (χ4v) is 2.48. The second-order valence-electron chi connectivity index (χ2n) is 6.15. The Kier molecular flexibility index (Phi) is 5.08. The van der Waals surface area contributed by atoms with Gasteiger partial charge in [0.25, 0.3) is 0 Å². The van der Waals surface area contributed by atoms with E-state index in [0.29, 0.717) is 11.6 Å². The second-order valence-corrected chi connectivity index (χ2v) is 7.01. The number of nitrogens with zero attached hydrogens (tertiary/aromatic N) is 1. The van der Waals surface area contributed by atoms with E-state index in [1.165, 1.54) is 12.8 Å². The van der Waals surface area contributed by atoms with Crippen molar-refractivity contribution in [2.24, 2.45) is 0 Å². The molecule has 1 saturated carbocycles. The Balaban J connectivity index is 2.02. The summed E-state index contributed by atoms with van der Waals surface area (Å²) >= 11 is 3.42. The number of carbonyl (C=O) groups excluding carboxylic acids is 1. The lowest BCUT2D eigenvalue weighted by Crippen LogP contribution is -2.27. The molecular formula is C15H21BrN2O3. The summed E-state index contributed by atoms with van der Waals surface area (Å²) in [5, 5.41) is 2.62. The Morgan fingerprint density at radius 3 is 2.67 bits per heavy atom. The molecule has 1 amide bonds. The molecule has 1 aromatic rings. The molecule has 0 saturated heterocycles. The smallest absolute Gasteiger partial charge is 0.413 e. The van der Waals surface area contributed by atoms with Crippen molar-refractivity contribution in [1.82, 2.24) is 4.98 Å². The van der Waals surface area contributed by atoms with Crippen molar-refractivity contribution in [2.45, 2.75) is 58.2 Å². The average Bonchev–Trinajstić information content (AvgIpc) is 2.84. The molecule has 1 fully saturated rings. The average molecular weight is 357 g/mol. The van der Waals surface area contributed by atoms with Crippen LogP contribution in [0.2, 0.25) is 0 Å². The minimum atomic E-state index is -0.539. The van der Waals surface area contributed by atoms with Gasteiger partial charge in [0.2, 0.25) is 0 Å². The van der Waals surface area contributed by atoms with Crippen LogP contribution >= 0.6 is 15.9 Å². The topological polar surface area (TPSA) is 60.5 Å². The van der Waals surface area contributed by atoms with Crippen LogP contribution < -0.4 is 10.1 Å². The van der Waals surface area contributed by atoms with E-state index in [9.17, 15) is 4.79 Å². The maximum Gasteiger partial charge on any atom is 0.413 e. The molecule has 0 radical (unpaired) electrons. The molecule has 1 aliphatic carbocycles. The lowest BCUT2D eigenvalue weighted by atomic mass is 10.2. The van der Waals surface area contributed by atoms with Gasteiger partial charge in [-0.1, -0.05) is 0 Å². The highest BCUT2D eigenvalue weighted by atomic mass is 79.9. The summed E-state index contributed by atoms with van der Waals surface area (Å²) in [6.07, 6.45) is 5.90. The first-order chi connectivity index (χ1) is 9.83. The fourth-order valence-electron chi connectivity index (χ4n) is 2.17. The molecule has 1 heterocycles. The van der Waals surface area contributed by atoms with Crippen LogP contribution in [0.15, 0.2) is 16.7 Å². The highest BCUT2D eigenvalue weighted by molar-refractivity contribution is 9.10. The lowest BCUT2D eigenvalue weighted by Gasteiger charge is -2.20. The summed E-state index contributed by atoms with van der Waals surface area (Å²) < 4.78 is 11.9. The van der Waals surface area contributed by atoms with Gasteiger partial charge in [0.05, 0.1) is 10.6 Å². The van der Waals surface area contributed by atoms with Gasteiger partial charge in [-0.2, -0.15) is 0 Å². The first-order valence-corrected chi connectivity index (χ1v) is 7.95. The van der Waals surface area contributed by atoms with E-state index >= 15 is 0 Å². The van der Waals surface area contributed by atoms with Crippen molar-refractivity contribution >= 4 is 27.8 Å². The molecule has 1 N–H and O–H groups in total. The van der Waals surface area contributed by atoms with Crippen LogP contribution in [0.4, 0.5) is 10.6 Å². The Hall–Kier alpha value is -1.30. The molecule has 5 nitrogen and oxygen atoms in total. The Morgan fingerprint density at radius 2 is 2.05 bits per heavy atom. The Bertz CT molecular complexity index is 508. The highest BCUT2D eigenvalue weighted by Crippen LogP contribution is 2.31. The maximum absolute atomic E-state index is 11.7. The van der Waals surface area contributed by atoms with E-state index in [1.54, 1.807) is 12.3 Å². The standard InChI is InChI=1S/C15H21BrN2O3/c1-15(2,3)21-14(19)18-13-8-12(11(16)9-17-13)20-10-6-4-5-7-10/h8-10H,4-7H2,1-3H3,(H,17,18,19). The van der Waals surface area contributed by atoms with Crippen molar-refractivity contribution in [3.8, 4) is 5.75 Å². The van der Waals surface area contributed by atoms with Crippen LogP contribution in [-0.4, -0.2) is 22.8 Å². The molecule has 0 spiro atoms. The van der Waals surface area contributed by atoms with Crippen LogP contribution in [0.25, 0.3) is 0 Å². The van der Waals surface area contributed by atoms with Crippen molar-refractivity contribution in [3.63, 3.8) is 0 Å². The Morgan fingerprint density at radius 1 is 1.38 bits per heavy atom. The summed E-state index contributed by atoms with van der Waals surface area (Å²) in [5.41, 5.74) is -0.539. The molecule has 21 heavy (non-hydrogen) atoms. The molecule has 2 rings (SSSR count). The first-order valence-electron chi connectivity index (χ1n) is 7.16. The van der Waals surface area contributed by atoms with Crippen molar-refractivity contribution < 1.29 is 14.3 Å². The zero-order valence-corrected chi connectivity index (χ0v) is 14.2. The SMILES string of the molecule is CC(C)(C)OC(=O)Nc1cc(OC2CCCC2)c(Br)cn1. The number of carbonyl (C=O) groups is 1. The third-order valence-corrected chi connectivity index (χ3v) is 3.64. The molecule has 6 heteroatoms. The number of rotatable bonds is 3. The van der Waals surface area contributed by atoms with Gasteiger partial charge in [-0.25, -0.2) is 9.78 Å². The summed E-state index contributed by atoms with van der Waals surface area (Å²) in [5.74, 6) is 1.11. The zero-order valence-electron chi connectivity index (χ0n) is 12.6. The number of ether oxygens (including phenoxy) is 2. The fraction of sp³-hybridized carbons (Fsp3) is 0.600. The van der Waals surface area contributed by atoms with E-state index in [4.69, 9.17) is 9.47 Å². The molecule has 0 unspecified atom stereocenters. The summed E-state index contributed by atoms with van der Waals surface area (Å²) in [7, 11) is 0. The van der Waals surface area contributed by atoms with Crippen LogP contribution in [0.1, 0.15) is 46.5 Å². The summed E-state index contributed by atoms with van der Waals surface area (Å²) in [4.78, 5) is 15.9. The number of amides is 1. The Labute approximate surface area is 133 Å². The largest absolute Gasteiger partial charge is 0.489 e. The zero-order chi connectivity index (χ0) is 15.5. The molecule has 116 valence electrons. The van der Waals surface area contributed by atoms with Crippen LogP contribution in [0, 0.1) is 0 Å². The number of halogens is 1. The predicted octanol–water partition coefficient (Wildman–Crippen LogP) is 4.51. The van der Waals surface area contributed by atoms with Gasteiger partial charge < -0.3 is 9.47 Å². The lowest BCUT2D eigenvalue weighted by molar-refractivity contribution is 0.0635. The molecular weight excluding hydrogens is 336 g/mol. The number of aromatic nitrogens is 1. The minimum Gasteiger partial charge on any atom is -0.489 e. The van der Waals surface area contributed by atoms with Crippen molar-refractivity contribution in [2.75, 3.05) is 5.32 Å². The van der Waals surface area contributed by atoms with Crippen LogP contribution in [0.5, 0.6) is 5.75 Å². The van der Waals surface area contributed by atoms with Gasteiger partial charge in [0, 0.05) is 12.3 Å². The second kappa shape index (κ2) is 6.64. The van der Waals surface area contributed by atoms with Gasteiger partial charge in [0.1, 0.15) is 17.2 Å². The molecule has 0 bridgehead atoms.